The van der Waals surface area contributed by atoms with E-state index in [0.29, 0.717) is 0 Å². The van der Waals surface area contributed by atoms with Crippen molar-refractivity contribution >= 4 is 21.8 Å². The van der Waals surface area contributed by atoms with Crippen molar-refractivity contribution in [3.63, 3.8) is 0 Å². The standard InChI is InChI=1S/C7H11BrF3NO/c1-5(8)6(13)12(2)4-3-7(9,10)11/h5H,3-4H2,1-2H3. The number of rotatable bonds is 3. The first-order valence-electron chi connectivity index (χ1n) is 3.70. The van der Waals surface area contributed by atoms with Crippen molar-refractivity contribution in [1.82, 2.24) is 4.90 Å². The minimum absolute atomic E-state index is 0.293. The fraction of sp³-hybridized carbons (Fsp3) is 0.857. The van der Waals surface area contributed by atoms with Crippen molar-refractivity contribution in [2.24, 2.45) is 0 Å². The Kier molecular flexibility index (Phi) is 4.74. The van der Waals surface area contributed by atoms with Gasteiger partial charge in [-0.3, -0.25) is 4.79 Å². The second-order valence-electron chi connectivity index (χ2n) is 2.74. The molecule has 1 amide bonds. The SMILES string of the molecule is CC(Br)C(=O)N(C)CCC(F)(F)F. The Morgan fingerprint density at radius 1 is 1.54 bits per heavy atom. The van der Waals surface area contributed by atoms with Gasteiger partial charge in [-0.25, -0.2) is 0 Å². The van der Waals surface area contributed by atoms with Crippen molar-refractivity contribution in [3.8, 4) is 0 Å². The topological polar surface area (TPSA) is 20.3 Å². The van der Waals surface area contributed by atoms with E-state index in [0.717, 1.165) is 4.90 Å². The fourth-order valence-electron chi connectivity index (χ4n) is 0.708. The molecule has 0 spiro atoms. The van der Waals surface area contributed by atoms with Gasteiger partial charge in [-0.15, -0.1) is 0 Å². The molecule has 13 heavy (non-hydrogen) atoms. The number of hydrogen-bond acceptors (Lipinski definition) is 1. The summed E-state index contributed by atoms with van der Waals surface area (Å²) in [4.78, 5) is 11.7. The predicted octanol–water partition coefficient (Wildman–Crippen LogP) is 2.18. The Balaban J connectivity index is 3.88. The first-order chi connectivity index (χ1) is 5.74. The Morgan fingerprint density at radius 3 is 2.31 bits per heavy atom. The highest BCUT2D eigenvalue weighted by atomic mass is 79.9. The van der Waals surface area contributed by atoms with Gasteiger partial charge in [-0.05, 0) is 6.92 Å². The summed E-state index contributed by atoms with van der Waals surface area (Å²) in [6.45, 7) is 1.28. The van der Waals surface area contributed by atoms with Gasteiger partial charge in [0.15, 0.2) is 0 Å². The van der Waals surface area contributed by atoms with E-state index in [-0.39, 0.29) is 12.5 Å². The zero-order valence-corrected chi connectivity index (χ0v) is 8.94. The van der Waals surface area contributed by atoms with Crippen LogP contribution in [-0.4, -0.2) is 35.4 Å². The van der Waals surface area contributed by atoms with Crippen LogP contribution in [0, 0.1) is 0 Å². The van der Waals surface area contributed by atoms with E-state index < -0.39 is 17.4 Å². The van der Waals surface area contributed by atoms with Crippen LogP contribution < -0.4 is 0 Å². The molecule has 0 aromatic carbocycles. The van der Waals surface area contributed by atoms with Gasteiger partial charge in [0, 0.05) is 13.6 Å². The summed E-state index contributed by atoms with van der Waals surface area (Å²) in [5.74, 6) is -0.343. The molecule has 2 nitrogen and oxygen atoms in total. The van der Waals surface area contributed by atoms with Crippen LogP contribution in [0.1, 0.15) is 13.3 Å². The zero-order valence-electron chi connectivity index (χ0n) is 7.36. The van der Waals surface area contributed by atoms with E-state index in [2.05, 4.69) is 15.9 Å². The lowest BCUT2D eigenvalue weighted by Gasteiger charge is -2.19. The number of carbonyl (C=O) groups excluding carboxylic acids is 1. The quantitative estimate of drug-likeness (QED) is 0.714. The molecule has 1 unspecified atom stereocenters. The highest BCUT2D eigenvalue weighted by Crippen LogP contribution is 2.19. The van der Waals surface area contributed by atoms with Gasteiger partial charge in [0.1, 0.15) is 0 Å². The van der Waals surface area contributed by atoms with Gasteiger partial charge in [-0.2, -0.15) is 13.2 Å². The van der Waals surface area contributed by atoms with Crippen molar-refractivity contribution in [1.29, 1.82) is 0 Å². The number of hydrogen-bond donors (Lipinski definition) is 0. The molecule has 78 valence electrons. The van der Waals surface area contributed by atoms with Crippen LogP contribution in [0.25, 0.3) is 0 Å². The molecule has 0 saturated heterocycles. The van der Waals surface area contributed by atoms with Crippen molar-refractivity contribution in [2.45, 2.75) is 24.3 Å². The molecule has 0 N–H and O–H groups in total. The molecule has 6 heteroatoms. The summed E-state index contributed by atoms with van der Waals surface area (Å²) >= 11 is 2.99. The van der Waals surface area contributed by atoms with Crippen molar-refractivity contribution in [2.75, 3.05) is 13.6 Å². The third-order valence-corrected chi connectivity index (χ3v) is 1.84. The second-order valence-corrected chi connectivity index (χ2v) is 4.11. The number of nitrogens with zero attached hydrogens (tertiary/aromatic N) is 1. The molecule has 0 aliphatic carbocycles. The van der Waals surface area contributed by atoms with Crippen LogP contribution in [0.4, 0.5) is 13.2 Å². The summed E-state index contributed by atoms with van der Waals surface area (Å²) in [6.07, 6.45) is -5.17. The van der Waals surface area contributed by atoms with E-state index in [9.17, 15) is 18.0 Å². The van der Waals surface area contributed by atoms with E-state index in [4.69, 9.17) is 0 Å². The number of carbonyl (C=O) groups is 1. The van der Waals surface area contributed by atoms with Crippen LogP contribution in [0.5, 0.6) is 0 Å². The van der Waals surface area contributed by atoms with Crippen LogP contribution in [0.15, 0.2) is 0 Å². The van der Waals surface area contributed by atoms with Gasteiger partial charge in [0.05, 0.1) is 11.2 Å². The van der Waals surface area contributed by atoms with E-state index in [1.807, 2.05) is 0 Å². The first-order valence-corrected chi connectivity index (χ1v) is 4.61. The maximum absolute atomic E-state index is 11.7. The van der Waals surface area contributed by atoms with E-state index in [1.54, 1.807) is 6.92 Å². The summed E-state index contributed by atoms with van der Waals surface area (Å²) in [5.41, 5.74) is 0. The molecule has 0 fully saturated rings. The van der Waals surface area contributed by atoms with Crippen LogP contribution >= 0.6 is 15.9 Å². The molecule has 0 aromatic heterocycles. The van der Waals surface area contributed by atoms with Crippen LogP contribution in [-0.2, 0) is 4.79 Å². The molecule has 0 heterocycles. The van der Waals surface area contributed by atoms with Gasteiger partial charge in [0.25, 0.3) is 0 Å². The molecular weight excluding hydrogens is 251 g/mol. The Labute approximate surface area is 83.2 Å². The zero-order chi connectivity index (χ0) is 10.6. The average molecular weight is 262 g/mol. The Hall–Kier alpha value is -0.260. The van der Waals surface area contributed by atoms with E-state index in [1.165, 1.54) is 7.05 Å². The Morgan fingerprint density at radius 2 is 2.00 bits per heavy atom. The maximum atomic E-state index is 11.7. The molecule has 1 atom stereocenters. The minimum atomic E-state index is -4.20. The summed E-state index contributed by atoms with van der Waals surface area (Å²) in [7, 11) is 1.35. The van der Waals surface area contributed by atoms with Gasteiger partial charge in [-0.1, -0.05) is 15.9 Å². The number of halogens is 4. The number of alkyl halides is 4. The maximum Gasteiger partial charge on any atom is 0.390 e. The van der Waals surface area contributed by atoms with Gasteiger partial charge < -0.3 is 4.90 Å². The third kappa shape index (κ3) is 5.90. The summed E-state index contributed by atoms with van der Waals surface area (Å²) in [5, 5.41) is 0. The van der Waals surface area contributed by atoms with Gasteiger partial charge in [0.2, 0.25) is 5.91 Å². The van der Waals surface area contributed by atoms with Gasteiger partial charge >= 0.3 is 6.18 Å². The summed E-state index contributed by atoms with van der Waals surface area (Å²) < 4.78 is 35.2. The largest absolute Gasteiger partial charge is 0.390 e. The first kappa shape index (κ1) is 12.7. The lowest BCUT2D eigenvalue weighted by molar-refractivity contribution is -0.143. The normalized spacial score (nSPS) is 14.0. The molecule has 0 aliphatic rings. The Bertz CT molecular complexity index is 181. The molecule has 0 aromatic rings. The highest BCUT2D eigenvalue weighted by Gasteiger charge is 2.28. The molecule has 0 rings (SSSR count). The van der Waals surface area contributed by atoms with Crippen molar-refractivity contribution in [3.05, 3.63) is 0 Å². The van der Waals surface area contributed by atoms with Crippen LogP contribution in [0.3, 0.4) is 0 Å². The monoisotopic (exact) mass is 261 g/mol. The minimum Gasteiger partial charge on any atom is -0.344 e. The van der Waals surface area contributed by atoms with Crippen LogP contribution in [0.2, 0.25) is 0 Å². The third-order valence-electron chi connectivity index (χ3n) is 1.45. The van der Waals surface area contributed by atoms with E-state index >= 15 is 0 Å². The molecule has 0 radical (unpaired) electrons. The molecule has 0 bridgehead atoms. The lowest BCUT2D eigenvalue weighted by Crippen LogP contribution is -2.34. The van der Waals surface area contributed by atoms with Crippen molar-refractivity contribution < 1.29 is 18.0 Å². The highest BCUT2D eigenvalue weighted by molar-refractivity contribution is 9.10. The predicted molar refractivity (Wildman–Crippen MR) is 46.7 cm³/mol. The second kappa shape index (κ2) is 4.83. The fourth-order valence-corrected chi connectivity index (χ4v) is 1.06. The smallest absolute Gasteiger partial charge is 0.344 e. The lowest BCUT2D eigenvalue weighted by atomic mass is 10.3. The summed E-state index contributed by atoms with van der Waals surface area (Å²) in [6, 6.07) is 0. The number of amides is 1. The molecule has 0 saturated carbocycles. The molecular formula is C7H11BrF3NO. The molecule has 0 aliphatic heterocycles. The average Bonchev–Trinajstić information content (AvgIpc) is 1.97.